The summed E-state index contributed by atoms with van der Waals surface area (Å²) in [5.74, 6) is -0.219. The van der Waals surface area contributed by atoms with E-state index in [1.165, 1.54) is 11.3 Å². The van der Waals surface area contributed by atoms with Crippen LogP contribution >= 0.6 is 11.3 Å². The minimum absolute atomic E-state index is 0.210. The molecule has 0 saturated carbocycles. The highest BCUT2D eigenvalue weighted by Crippen LogP contribution is 2.28. The third-order valence-corrected chi connectivity index (χ3v) is 5.11. The first-order valence-electron chi connectivity index (χ1n) is 9.03. The molecular formula is C19H25N5O2S. The number of nitrogens with one attached hydrogen (secondary N) is 2. The van der Waals surface area contributed by atoms with E-state index in [0.29, 0.717) is 18.1 Å². The van der Waals surface area contributed by atoms with E-state index in [9.17, 15) is 9.59 Å². The van der Waals surface area contributed by atoms with Gasteiger partial charge < -0.3 is 10.2 Å². The summed E-state index contributed by atoms with van der Waals surface area (Å²) in [4.78, 5) is 26.8. The maximum Gasteiger partial charge on any atom is 0.318 e. The van der Waals surface area contributed by atoms with Gasteiger partial charge in [-0.05, 0) is 46.6 Å². The molecule has 0 radical (unpaired) electrons. The van der Waals surface area contributed by atoms with Gasteiger partial charge in [0.05, 0.1) is 0 Å². The average molecular weight is 388 g/mol. The summed E-state index contributed by atoms with van der Waals surface area (Å²) in [6, 6.07) is 7.28. The second-order valence-electron chi connectivity index (χ2n) is 7.80. The van der Waals surface area contributed by atoms with Crippen molar-refractivity contribution in [2.75, 3.05) is 11.9 Å². The van der Waals surface area contributed by atoms with Gasteiger partial charge in [-0.1, -0.05) is 35.1 Å². The smallest absolute Gasteiger partial charge is 0.318 e. The summed E-state index contributed by atoms with van der Waals surface area (Å²) in [5, 5.41) is 15.2. The van der Waals surface area contributed by atoms with Crippen LogP contribution in [0, 0.1) is 6.92 Å². The van der Waals surface area contributed by atoms with Gasteiger partial charge in [-0.25, -0.2) is 4.79 Å². The summed E-state index contributed by atoms with van der Waals surface area (Å²) in [7, 11) is 0. The molecule has 27 heavy (non-hydrogen) atoms. The SMILES string of the molecule is Cc1cccc(-c2nnc(NC(=O)C3CCCN3C(=O)NC(C)(C)C)s2)c1. The van der Waals surface area contributed by atoms with Crippen LogP contribution in [0.25, 0.3) is 10.6 Å². The molecule has 1 aliphatic rings. The molecule has 144 valence electrons. The second kappa shape index (κ2) is 7.64. The van der Waals surface area contributed by atoms with Crippen LogP contribution in [0.5, 0.6) is 0 Å². The number of benzene rings is 1. The molecule has 0 bridgehead atoms. The minimum Gasteiger partial charge on any atom is -0.333 e. The Labute approximate surface area is 163 Å². The van der Waals surface area contributed by atoms with E-state index in [4.69, 9.17) is 0 Å². The van der Waals surface area contributed by atoms with Crippen LogP contribution in [-0.4, -0.2) is 45.2 Å². The number of anilines is 1. The lowest BCUT2D eigenvalue weighted by molar-refractivity contribution is -0.119. The van der Waals surface area contributed by atoms with Gasteiger partial charge in [-0.3, -0.25) is 10.1 Å². The number of rotatable bonds is 3. The molecule has 1 fully saturated rings. The summed E-state index contributed by atoms with van der Waals surface area (Å²) in [5.41, 5.74) is 1.77. The minimum atomic E-state index is -0.487. The van der Waals surface area contributed by atoms with Gasteiger partial charge in [0.25, 0.3) is 0 Å². The van der Waals surface area contributed by atoms with Gasteiger partial charge in [0, 0.05) is 17.6 Å². The summed E-state index contributed by atoms with van der Waals surface area (Å²) < 4.78 is 0. The van der Waals surface area contributed by atoms with Gasteiger partial charge in [0.15, 0.2) is 0 Å². The van der Waals surface area contributed by atoms with Crippen LogP contribution in [0.1, 0.15) is 39.2 Å². The Morgan fingerprint density at radius 2 is 2.04 bits per heavy atom. The fourth-order valence-electron chi connectivity index (χ4n) is 3.03. The highest BCUT2D eigenvalue weighted by Gasteiger charge is 2.35. The number of hydrogen-bond acceptors (Lipinski definition) is 5. The Bertz CT molecular complexity index is 843. The molecule has 8 heteroatoms. The standard InChI is InChI=1S/C19H25N5O2S/c1-12-7-5-8-13(11-12)16-22-23-17(27-16)20-15(25)14-9-6-10-24(14)18(26)21-19(2,3)4/h5,7-8,11,14H,6,9-10H2,1-4H3,(H,21,26)(H,20,23,25). The summed E-state index contributed by atoms with van der Waals surface area (Å²) >= 11 is 1.33. The maximum absolute atomic E-state index is 12.7. The van der Waals surface area contributed by atoms with E-state index in [-0.39, 0.29) is 17.5 Å². The van der Waals surface area contributed by atoms with Crippen molar-refractivity contribution in [1.82, 2.24) is 20.4 Å². The number of amides is 3. The molecule has 1 aliphatic heterocycles. The number of nitrogens with zero attached hydrogens (tertiary/aromatic N) is 3. The lowest BCUT2D eigenvalue weighted by atomic mass is 10.1. The normalized spacial score (nSPS) is 17.0. The fraction of sp³-hybridized carbons (Fsp3) is 0.474. The average Bonchev–Trinajstić information content (AvgIpc) is 3.22. The maximum atomic E-state index is 12.7. The molecular weight excluding hydrogens is 362 g/mol. The molecule has 3 rings (SSSR count). The van der Waals surface area contributed by atoms with Crippen molar-refractivity contribution in [3.63, 3.8) is 0 Å². The predicted molar refractivity (Wildman–Crippen MR) is 107 cm³/mol. The third-order valence-electron chi connectivity index (χ3n) is 4.22. The van der Waals surface area contributed by atoms with Gasteiger partial charge >= 0.3 is 6.03 Å². The number of carbonyl (C=O) groups excluding carboxylic acids is 2. The van der Waals surface area contributed by atoms with Crippen molar-refractivity contribution in [1.29, 1.82) is 0 Å². The Hall–Kier alpha value is -2.48. The fourth-order valence-corrected chi connectivity index (χ4v) is 3.78. The zero-order valence-electron chi connectivity index (χ0n) is 16.1. The molecule has 2 heterocycles. The van der Waals surface area contributed by atoms with E-state index in [1.807, 2.05) is 52.0 Å². The first-order valence-corrected chi connectivity index (χ1v) is 9.85. The first kappa shape index (κ1) is 19.3. The monoisotopic (exact) mass is 387 g/mol. The number of hydrogen-bond donors (Lipinski definition) is 2. The number of aromatic nitrogens is 2. The zero-order chi connectivity index (χ0) is 19.6. The summed E-state index contributed by atoms with van der Waals surface area (Å²) in [6.07, 6.45) is 1.45. The van der Waals surface area contributed by atoms with E-state index in [0.717, 1.165) is 22.6 Å². The van der Waals surface area contributed by atoms with E-state index in [1.54, 1.807) is 4.90 Å². The lowest BCUT2D eigenvalue weighted by Gasteiger charge is -2.28. The van der Waals surface area contributed by atoms with Crippen LogP contribution in [0.2, 0.25) is 0 Å². The molecule has 1 aromatic heterocycles. The van der Waals surface area contributed by atoms with Crippen molar-refractivity contribution >= 4 is 28.4 Å². The Kier molecular flexibility index (Phi) is 5.46. The molecule has 1 atom stereocenters. The number of likely N-dealkylation sites (tertiary alicyclic amines) is 1. The van der Waals surface area contributed by atoms with Crippen LogP contribution in [0.3, 0.4) is 0 Å². The van der Waals surface area contributed by atoms with Crippen molar-refractivity contribution in [2.45, 2.75) is 52.1 Å². The molecule has 7 nitrogen and oxygen atoms in total. The van der Waals surface area contributed by atoms with E-state index < -0.39 is 6.04 Å². The van der Waals surface area contributed by atoms with Crippen LogP contribution in [0.15, 0.2) is 24.3 Å². The van der Waals surface area contributed by atoms with Crippen LogP contribution < -0.4 is 10.6 Å². The number of urea groups is 1. The molecule has 1 unspecified atom stereocenters. The van der Waals surface area contributed by atoms with Gasteiger partial charge in [-0.2, -0.15) is 0 Å². The topological polar surface area (TPSA) is 87.2 Å². The third kappa shape index (κ3) is 4.82. The Balaban J connectivity index is 1.67. The highest BCUT2D eigenvalue weighted by atomic mass is 32.1. The van der Waals surface area contributed by atoms with Crippen LogP contribution in [0.4, 0.5) is 9.93 Å². The summed E-state index contributed by atoms with van der Waals surface area (Å²) in [6.45, 7) is 8.35. The lowest BCUT2D eigenvalue weighted by Crippen LogP contribution is -2.52. The second-order valence-corrected chi connectivity index (χ2v) is 8.78. The molecule has 1 saturated heterocycles. The quantitative estimate of drug-likeness (QED) is 0.845. The zero-order valence-corrected chi connectivity index (χ0v) is 16.9. The highest BCUT2D eigenvalue weighted by molar-refractivity contribution is 7.18. The van der Waals surface area contributed by atoms with Crippen molar-refractivity contribution in [3.05, 3.63) is 29.8 Å². The largest absolute Gasteiger partial charge is 0.333 e. The Morgan fingerprint density at radius 1 is 1.26 bits per heavy atom. The van der Waals surface area contributed by atoms with Gasteiger partial charge in [0.2, 0.25) is 11.0 Å². The molecule has 0 aliphatic carbocycles. The number of carbonyl (C=O) groups is 2. The van der Waals surface area contributed by atoms with Crippen molar-refractivity contribution < 1.29 is 9.59 Å². The molecule has 0 spiro atoms. The van der Waals surface area contributed by atoms with Crippen molar-refractivity contribution in [3.8, 4) is 10.6 Å². The van der Waals surface area contributed by atoms with Crippen LogP contribution in [-0.2, 0) is 4.79 Å². The van der Waals surface area contributed by atoms with E-state index in [2.05, 4.69) is 20.8 Å². The van der Waals surface area contributed by atoms with Crippen molar-refractivity contribution in [2.24, 2.45) is 0 Å². The van der Waals surface area contributed by atoms with Gasteiger partial charge in [0.1, 0.15) is 11.0 Å². The van der Waals surface area contributed by atoms with E-state index >= 15 is 0 Å². The first-order chi connectivity index (χ1) is 12.7. The molecule has 2 N–H and O–H groups in total. The predicted octanol–water partition coefficient (Wildman–Crippen LogP) is 3.42. The molecule has 1 aromatic carbocycles. The molecule has 2 aromatic rings. The van der Waals surface area contributed by atoms with Gasteiger partial charge in [-0.15, -0.1) is 10.2 Å². The molecule has 3 amide bonds. The Morgan fingerprint density at radius 3 is 2.74 bits per heavy atom. The number of aryl methyl sites for hydroxylation is 1.